The van der Waals surface area contributed by atoms with E-state index >= 15 is 0 Å². The second-order valence-electron chi connectivity index (χ2n) is 7.58. The SMILES string of the molecule is COc1ccccc1N1CCN(C(=O)C(C)(C)C(=O)N2CCCC2)CC1. The predicted molar refractivity (Wildman–Crippen MR) is 101 cm³/mol. The van der Waals surface area contributed by atoms with E-state index in [1.807, 2.05) is 34.1 Å². The first-order chi connectivity index (χ1) is 12.4. The number of para-hydroxylation sites is 2. The van der Waals surface area contributed by atoms with Crippen LogP contribution in [0, 0.1) is 5.41 Å². The Morgan fingerprint density at radius 1 is 0.885 bits per heavy atom. The molecular formula is C20H29N3O3. The molecule has 1 aromatic carbocycles. The van der Waals surface area contributed by atoms with E-state index in [2.05, 4.69) is 4.90 Å². The van der Waals surface area contributed by atoms with E-state index in [0.29, 0.717) is 13.1 Å². The summed E-state index contributed by atoms with van der Waals surface area (Å²) in [4.78, 5) is 31.7. The molecule has 1 aromatic rings. The van der Waals surface area contributed by atoms with Gasteiger partial charge in [0, 0.05) is 39.3 Å². The summed E-state index contributed by atoms with van der Waals surface area (Å²) in [7, 11) is 1.67. The Morgan fingerprint density at radius 3 is 2.00 bits per heavy atom. The van der Waals surface area contributed by atoms with Gasteiger partial charge in [-0.2, -0.15) is 0 Å². The smallest absolute Gasteiger partial charge is 0.237 e. The summed E-state index contributed by atoms with van der Waals surface area (Å²) in [5.74, 6) is 0.748. The molecule has 2 aliphatic rings. The number of anilines is 1. The van der Waals surface area contributed by atoms with Crippen LogP contribution in [0.25, 0.3) is 0 Å². The third-order valence-corrected chi connectivity index (χ3v) is 5.46. The minimum atomic E-state index is -0.989. The van der Waals surface area contributed by atoms with Crippen LogP contribution in [-0.2, 0) is 9.59 Å². The number of hydrogen-bond acceptors (Lipinski definition) is 4. The molecule has 3 rings (SSSR count). The third kappa shape index (κ3) is 3.50. The Bertz CT molecular complexity index is 660. The van der Waals surface area contributed by atoms with Crippen LogP contribution in [0.15, 0.2) is 24.3 Å². The lowest BCUT2D eigenvalue weighted by molar-refractivity contribution is -0.153. The van der Waals surface area contributed by atoms with Crippen molar-refractivity contribution in [3.05, 3.63) is 24.3 Å². The van der Waals surface area contributed by atoms with Crippen LogP contribution < -0.4 is 9.64 Å². The number of nitrogens with zero attached hydrogens (tertiary/aromatic N) is 3. The molecule has 2 amide bonds. The van der Waals surface area contributed by atoms with Crippen molar-refractivity contribution in [1.82, 2.24) is 9.80 Å². The average molecular weight is 359 g/mol. The number of piperazine rings is 1. The van der Waals surface area contributed by atoms with Crippen molar-refractivity contribution >= 4 is 17.5 Å². The van der Waals surface area contributed by atoms with Crippen LogP contribution in [0.4, 0.5) is 5.69 Å². The standard InChI is InChI=1S/C20H29N3O3/c1-20(2,18(24)22-10-6-7-11-22)19(25)23-14-12-21(13-15-23)16-8-4-5-9-17(16)26-3/h4-5,8-9H,6-7,10-15H2,1-3H3. The van der Waals surface area contributed by atoms with Crippen molar-refractivity contribution in [2.75, 3.05) is 51.3 Å². The molecule has 2 fully saturated rings. The molecule has 0 aromatic heterocycles. The second kappa shape index (κ2) is 7.56. The summed E-state index contributed by atoms with van der Waals surface area (Å²) >= 11 is 0. The summed E-state index contributed by atoms with van der Waals surface area (Å²) in [6.45, 7) is 7.79. The van der Waals surface area contributed by atoms with Gasteiger partial charge in [-0.25, -0.2) is 0 Å². The van der Waals surface area contributed by atoms with Gasteiger partial charge >= 0.3 is 0 Å². The maximum Gasteiger partial charge on any atom is 0.237 e. The fourth-order valence-electron chi connectivity index (χ4n) is 3.84. The van der Waals surface area contributed by atoms with Gasteiger partial charge in [-0.3, -0.25) is 9.59 Å². The van der Waals surface area contributed by atoms with Gasteiger partial charge in [-0.15, -0.1) is 0 Å². The Balaban J connectivity index is 1.63. The highest BCUT2D eigenvalue weighted by Crippen LogP contribution is 2.30. The quantitative estimate of drug-likeness (QED) is 0.772. The highest BCUT2D eigenvalue weighted by molar-refractivity contribution is 6.04. The Labute approximate surface area is 155 Å². The molecule has 0 unspecified atom stereocenters. The normalized spacial score (nSPS) is 18.2. The fraction of sp³-hybridized carbons (Fsp3) is 0.600. The lowest BCUT2D eigenvalue weighted by Crippen LogP contribution is -2.55. The van der Waals surface area contributed by atoms with Gasteiger partial charge in [0.2, 0.25) is 11.8 Å². The van der Waals surface area contributed by atoms with Crippen LogP contribution in [0.2, 0.25) is 0 Å². The van der Waals surface area contributed by atoms with E-state index in [4.69, 9.17) is 4.74 Å². The second-order valence-corrected chi connectivity index (χ2v) is 7.58. The van der Waals surface area contributed by atoms with E-state index in [1.165, 1.54) is 0 Å². The molecule has 6 heteroatoms. The maximum atomic E-state index is 13.0. The van der Waals surface area contributed by atoms with E-state index in [-0.39, 0.29) is 11.8 Å². The van der Waals surface area contributed by atoms with Crippen molar-refractivity contribution in [2.45, 2.75) is 26.7 Å². The minimum absolute atomic E-state index is 0.0350. The largest absolute Gasteiger partial charge is 0.495 e. The van der Waals surface area contributed by atoms with Crippen molar-refractivity contribution in [3.63, 3.8) is 0 Å². The number of likely N-dealkylation sites (tertiary alicyclic amines) is 1. The number of ether oxygens (including phenoxy) is 1. The van der Waals surface area contributed by atoms with Crippen molar-refractivity contribution in [3.8, 4) is 5.75 Å². The summed E-state index contributed by atoms with van der Waals surface area (Å²) in [5.41, 5.74) is 0.0613. The first-order valence-electron chi connectivity index (χ1n) is 9.42. The molecule has 0 spiro atoms. The monoisotopic (exact) mass is 359 g/mol. The molecule has 0 N–H and O–H groups in total. The number of methoxy groups -OCH3 is 1. The van der Waals surface area contributed by atoms with Gasteiger partial charge in [0.1, 0.15) is 11.2 Å². The molecule has 0 atom stereocenters. The molecule has 2 aliphatic heterocycles. The number of rotatable bonds is 4. The molecular weight excluding hydrogens is 330 g/mol. The lowest BCUT2D eigenvalue weighted by atomic mass is 9.89. The summed E-state index contributed by atoms with van der Waals surface area (Å²) in [5, 5.41) is 0. The average Bonchev–Trinajstić information content (AvgIpc) is 3.21. The third-order valence-electron chi connectivity index (χ3n) is 5.46. The van der Waals surface area contributed by atoms with Crippen LogP contribution in [0.1, 0.15) is 26.7 Å². The van der Waals surface area contributed by atoms with E-state index in [0.717, 1.165) is 50.5 Å². The molecule has 0 aliphatic carbocycles. The van der Waals surface area contributed by atoms with Crippen LogP contribution in [0.3, 0.4) is 0 Å². The summed E-state index contributed by atoms with van der Waals surface area (Å²) in [6.07, 6.45) is 2.07. The Kier molecular flexibility index (Phi) is 5.39. The fourth-order valence-corrected chi connectivity index (χ4v) is 3.84. The lowest BCUT2D eigenvalue weighted by Gasteiger charge is -2.40. The van der Waals surface area contributed by atoms with Crippen LogP contribution in [-0.4, -0.2) is 68.0 Å². The van der Waals surface area contributed by atoms with Gasteiger partial charge in [0.15, 0.2) is 0 Å². The van der Waals surface area contributed by atoms with Gasteiger partial charge in [-0.1, -0.05) is 12.1 Å². The maximum absolute atomic E-state index is 13.0. The van der Waals surface area contributed by atoms with Gasteiger partial charge < -0.3 is 19.4 Å². The first kappa shape index (κ1) is 18.5. The zero-order chi connectivity index (χ0) is 18.7. The Hall–Kier alpha value is -2.24. The number of carbonyl (C=O) groups is 2. The van der Waals surface area contributed by atoms with E-state index in [1.54, 1.807) is 21.0 Å². The van der Waals surface area contributed by atoms with Crippen molar-refractivity contribution in [1.29, 1.82) is 0 Å². The highest BCUT2D eigenvalue weighted by Gasteiger charge is 2.42. The molecule has 2 heterocycles. The molecule has 0 saturated carbocycles. The van der Waals surface area contributed by atoms with Gasteiger partial charge in [0.25, 0.3) is 0 Å². The minimum Gasteiger partial charge on any atom is -0.495 e. The van der Waals surface area contributed by atoms with Crippen molar-refractivity contribution < 1.29 is 14.3 Å². The number of benzene rings is 1. The van der Waals surface area contributed by atoms with Crippen LogP contribution >= 0.6 is 0 Å². The zero-order valence-corrected chi connectivity index (χ0v) is 16.0. The van der Waals surface area contributed by atoms with E-state index < -0.39 is 5.41 Å². The zero-order valence-electron chi connectivity index (χ0n) is 16.0. The van der Waals surface area contributed by atoms with Crippen LogP contribution in [0.5, 0.6) is 5.75 Å². The molecule has 6 nitrogen and oxygen atoms in total. The highest BCUT2D eigenvalue weighted by atomic mass is 16.5. The van der Waals surface area contributed by atoms with Gasteiger partial charge in [-0.05, 0) is 38.8 Å². The summed E-state index contributed by atoms with van der Waals surface area (Å²) in [6, 6.07) is 7.93. The Morgan fingerprint density at radius 2 is 1.42 bits per heavy atom. The van der Waals surface area contributed by atoms with Gasteiger partial charge in [0.05, 0.1) is 12.8 Å². The number of carbonyl (C=O) groups excluding carboxylic acids is 2. The number of hydrogen-bond donors (Lipinski definition) is 0. The molecule has 0 bridgehead atoms. The molecule has 0 radical (unpaired) electrons. The number of amides is 2. The topological polar surface area (TPSA) is 53.1 Å². The summed E-state index contributed by atoms with van der Waals surface area (Å²) < 4.78 is 5.44. The first-order valence-corrected chi connectivity index (χ1v) is 9.42. The van der Waals surface area contributed by atoms with E-state index in [9.17, 15) is 9.59 Å². The predicted octanol–water partition coefficient (Wildman–Crippen LogP) is 1.99. The molecule has 142 valence electrons. The van der Waals surface area contributed by atoms with Crippen molar-refractivity contribution in [2.24, 2.45) is 5.41 Å². The molecule has 26 heavy (non-hydrogen) atoms. The molecule has 2 saturated heterocycles.